The van der Waals surface area contributed by atoms with E-state index in [0.717, 1.165) is 62.0 Å². The number of benzene rings is 6. The van der Waals surface area contributed by atoms with E-state index in [2.05, 4.69) is 102 Å². The molecule has 5 nitrogen and oxygen atoms in total. The number of nitrogens with one attached hydrogen (secondary N) is 1. The summed E-state index contributed by atoms with van der Waals surface area (Å²) >= 11 is 0. The Morgan fingerprint density at radius 1 is 0.533 bits per heavy atom. The van der Waals surface area contributed by atoms with Gasteiger partial charge in [0.25, 0.3) is 0 Å². The topological polar surface area (TPSA) is 63.8 Å². The Morgan fingerprint density at radius 3 is 2.09 bits per heavy atom. The largest absolute Gasteiger partial charge is 0.456 e. The van der Waals surface area contributed by atoms with Crippen LogP contribution in [0.25, 0.3) is 84.1 Å². The van der Waals surface area contributed by atoms with Gasteiger partial charge in [-0.1, -0.05) is 115 Å². The summed E-state index contributed by atoms with van der Waals surface area (Å²) in [5.74, 6) is 1.86. The molecule has 1 aliphatic rings. The minimum Gasteiger partial charge on any atom is -0.456 e. The number of fused-ring (bicyclic) bond motifs is 5. The minimum absolute atomic E-state index is 0.608. The molecule has 6 aromatic carbocycles. The average Bonchev–Trinajstić information content (AvgIpc) is 3.48. The average molecular weight is 579 g/mol. The van der Waals surface area contributed by atoms with Gasteiger partial charge in [-0.25, -0.2) is 15.0 Å². The molecule has 1 aliphatic heterocycles. The first kappa shape index (κ1) is 25.4. The van der Waals surface area contributed by atoms with E-state index in [-0.39, 0.29) is 0 Å². The van der Waals surface area contributed by atoms with Crippen LogP contribution in [-0.4, -0.2) is 21.5 Å². The standard InChI is InChI=1S/C40H26N4O/c1-2-9-27(10-3-1)38-42-39(28-18-15-26(16-19-28)30-20-17-25-8-4-5-11-29(25)22-30)44-40(43-38)32-13-6-14-35-37(32)33-23-31-12-7-21-41-34(31)24-36(33)45-35/h1-20,22-24,41H,21H2. The fourth-order valence-corrected chi connectivity index (χ4v) is 6.24. The molecule has 0 spiro atoms. The lowest BCUT2D eigenvalue weighted by Crippen LogP contribution is -2.03. The molecular formula is C40H26N4O. The molecule has 212 valence electrons. The SMILES string of the molecule is C1=Cc2cc3c(cc2NC1)oc1cccc(-c2nc(-c4ccccc4)nc(-c4ccc(-c5ccc6ccccc6c5)cc4)n2)c13. The number of furan rings is 1. The summed E-state index contributed by atoms with van der Waals surface area (Å²) in [6.07, 6.45) is 4.29. The smallest absolute Gasteiger partial charge is 0.164 e. The van der Waals surface area contributed by atoms with Crippen LogP contribution < -0.4 is 5.32 Å². The molecule has 0 saturated heterocycles. The summed E-state index contributed by atoms with van der Waals surface area (Å²) < 4.78 is 6.36. The van der Waals surface area contributed by atoms with Crippen molar-refractivity contribution in [3.63, 3.8) is 0 Å². The van der Waals surface area contributed by atoms with Crippen LogP contribution >= 0.6 is 0 Å². The lowest BCUT2D eigenvalue weighted by molar-refractivity contribution is 0.669. The zero-order valence-corrected chi connectivity index (χ0v) is 24.2. The van der Waals surface area contributed by atoms with Gasteiger partial charge in [-0.05, 0) is 45.7 Å². The molecule has 8 aromatic rings. The van der Waals surface area contributed by atoms with Crippen molar-refractivity contribution in [2.24, 2.45) is 0 Å². The van der Waals surface area contributed by atoms with Crippen LogP contribution in [0.3, 0.4) is 0 Å². The fourth-order valence-electron chi connectivity index (χ4n) is 6.24. The summed E-state index contributed by atoms with van der Waals surface area (Å²) in [7, 11) is 0. The number of rotatable bonds is 4. The van der Waals surface area contributed by atoms with Crippen LogP contribution in [0, 0.1) is 0 Å². The number of anilines is 1. The van der Waals surface area contributed by atoms with Crippen LogP contribution in [0.5, 0.6) is 0 Å². The second kappa shape index (κ2) is 10.3. The summed E-state index contributed by atoms with van der Waals surface area (Å²) in [6.45, 7) is 0.809. The highest BCUT2D eigenvalue weighted by molar-refractivity contribution is 6.13. The van der Waals surface area contributed by atoms with Crippen molar-refractivity contribution in [3.8, 4) is 45.3 Å². The van der Waals surface area contributed by atoms with Gasteiger partial charge in [0.2, 0.25) is 0 Å². The molecule has 0 aliphatic carbocycles. The van der Waals surface area contributed by atoms with Gasteiger partial charge in [0.1, 0.15) is 11.2 Å². The molecule has 0 atom stereocenters. The van der Waals surface area contributed by atoms with E-state index >= 15 is 0 Å². The van der Waals surface area contributed by atoms with E-state index in [0.29, 0.717) is 17.5 Å². The zero-order valence-electron chi connectivity index (χ0n) is 24.2. The molecule has 5 heteroatoms. The van der Waals surface area contributed by atoms with Gasteiger partial charge >= 0.3 is 0 Å². The maximum Gasteiger partial charge on any atom is 0.164 e. The highest BCUT2D eigenvalue weighted by atomic mass is 16.3. The minimum atomic E-state index is 0.608. The second-order valence-electron chi connectivity index (χ2n) is 11.3. The fraction of sp³-hybridized carbons (Fsp3) is 0.0250. The second-order valence-corrected chi connectivity index (χ2v) is 11.3. The molecule has 0 saturated carbocycles. The van der Waals surface area contributed by atoms with E-state index in [1.165, 1.54) is 16.3 Å². The third-order valence-electron chi connectivity index (χ3n) is 8.51. The van der Waals surface area contributed by atoms with Gasteiger partial charge in [-0.15, -0.1) is 0 Å². The Hall–Kier alpha value is -6.07. The molecule has 2 aromatic heterocycles. The maximum atomic E-state index is 6.36. The van der Waals surface area contributed by atoms with Crippen LogP contribution in [0.2, 0.25) is 0 Å². The Kier molecular flexibility index (Phi) is 5.81. The van der Waals surface area contributed by atoms with Crippen LogP contribution in [0.15, 0.2) is 138 Å². The van der Waals surface area contributed by atoms with Gasteiger partial charge in [0.05, 0.1) is 0 Å². The lowest BCUT2D eigenvalue weighted by Gasteiger charge is -2.12. The van der Waals surface area contributed by atoms with Crippen molar-refractivity contribution in [1.82, 2.24) is 15.0 Å². The Bertz CT molecular complexity index is 2420. The number of nitrogens with zero attached hydrogens (tertiary/aromatic N) is 3. The predicted octanol–water partition coefficient (Wildman–Crippen LogP) is 10.0. The van der Waals surface area contributed by atoms with Gasteiger partial charge in [0.15, 0.2) is 17.5 Å². The third kappa shape index (κ3) is 4.45. The Balaban J connectivity index is 1.20. The van der Waals surface area contributed by atoms with E-state index in [4.69, 9.17) is 19.4 Å². The number of aromatic nitrogens is 3. The molecular weight excluding hydrogens is 552 g/mol. The summed E-state index contributed by atoms with van der Waals surface area (Å²) in [5, 5.41) is 7.93. The van der Waals surface area contributed by atoms with Crippen molar-refractivity contribution >= 4 is 44.5 Å². The van der Waals surface area contributed by atoms with E-state index in [1.807, 2.05) is 42.5 Å². The van der Waals surface area contributed by atoms with E-state index in [1.54, 1.807) is 0 Å². The van der Waals surface area contributed by atoms with Crippen molar-refractivity contribution < 1.29 is 4.42 Å². The first-order chi connectivity index (χ1) is 22.3. The molecule has 3 heterocycles. The molecule has 0 bridgehead atoms. The monoisotopic (exact) mass is 578 g/mol. The highest BCUT2D eigenvalue weighted by Gasteiger charge is 2.19. The quantitative estimate of drug-likeness (QED) is 0.225. The molecule has 45 heavy (non-hydrogen) atoms. The molecule has 0 unspecified atom stereocenters. The molecule has 9 rings (SSSR count). The van der Waals surface area contributed by atoms with Crippen LogP contribution in [0.4, 0.5) is 5.69 Å². The number of hydrogen-bond donors (Lipinski definition) is 1. The summed E-state index contributed by atoms with van der Waals surface area (Å²) in [4.78, 5) is 15.1. The van der Waals surface area contributed by atoms with Crippen LogP contribution in [-0.2, 0) is 0 Å². The first-order valence-electron chi connectivity index (χ1n) is 15.1. The van der Waals surface area contributed by atoms with Gasteiger partial charge in [-0.3, -0.25) is 0 Å². The molecule has 0 radical (unpaired) electrons. The normalized spacial score (nSPS) is 12.4. The van der Waals surface area contributed by atoms with Crippen molar-refractivity contribution in [3.05, 3.63) is 139 Å². The highest BCUT2D eigenvalue weighted by Crippen LogP contribution is 2.39. The number of hydrogen-bond acceptors (Lipinski definition) is 5. The van der Waals surface area contributed by atoms with E-state index in [9.17, 15) is 0 Å². The van der Waals surface area contributed by atoms with E-state index < -0.39 is 0 Å². The molecule has 1 N–H and O–H groups in total. The summed E-state index contributed by atoms with van der Waals surface area (Å²) in [5.41, 5.74) is 8.94. The predicted molar refractivity (Wildman–Crippen MR) is 184 cm³/mol. The molecule has 0 amide bonds. The van der Waals surface area contributed by atoms with Gasteiger partial charge < -0.3 is 9.73 Å². The molecule has 0 fully saturated rings. The Morgan fingerprint density at radius 2 is 1.24 bits per heavy atom. The first-order valence-corrected chi connectivity index (χ1v) is 15.1. The van der Waals surface area contributed by atoms with Crippen molar-refractivity contribution in [2.45, 2.75) is 0 Å². The van der Waals surface area contributed by atoms with Crippen LogP contribution in [0.1, 0.15) is 5.56 Å². The third-order valence-corrected chi connectivity index (χ3v) is 8.51. The van der Waals surface area contributed by atoms with Gasteiger partial charge in [-0.2, -0.15) is 0 Å². The maximum absolute atomic E-state index is 6.36. The zero-order chi connectivity index (χ0) is 29.7. The Labute approximate surface area is 259 Å². The van der Waals surface area contributed by atoms with Crippen molar-refractivity contribution in [1.29, 1.82) is 0 Å². The summed E-state index contributed by atoms with van der Waals surface area (Å²) in [6, 6.07) is 43.9. The lowest BCUT2D eigenvalue weighted by atomic mass is 10.00. The van der Waals surface area contributed by atoms with Crippen molar-refractivity contribution in [2.75, 3.05) is 11.9 Å². The van der Waals surface area contributed by atoms with Gasteiger partial charge in [0, 0.05) is 45.8 Å².